The number of allylic oxidation sites excluding steroid dienone is 3. The third kappa shape index (κ3) is 6.71. The van der Waals surface area contributed by atoms with E-state index < -0.39 is 0 Å². The zero-order chi connectivity index (χ0) is 27.7. The second-order valence-corrected chi connectivity index (χ2v) is 10.4. The van der Waals surface area contributed by atoms with Crippen LogP contribution in [0.4, 0.5) is 5.69 Å². The molecule has 0 aliphatic heterocycles. The van der Waals surface area contributed by atoms with Gasteiger partial charge in [0, 0.05) is 36.0 Å². The number of Topliss-reactive ketones (excluding diaryl/α,β-unsaturated/α-hetero) is 1. The number of hydrogen-bond acceptors (Lipinski definition) is 6. The van der Waals surface area contributed by atoms with Crippen molar-refractivity contribution in [2.75, 3.05) is 31.1 Å². The average molecular weight is 523 g/mol. The number of aliphatic hydroxyl groups excluding tert-OH is 2. The van der Waals surface area contributed by atoms with Crippen molar-refractivity contribution < 1.29 is 20.1 Å². The Bertz CT molecular complexity index is 1080. The molecule has 3 N–H and O–H groups in total. The number of phenols is 1. The van der Waals surface area contributed by atoms with Crippen molar-refractivity contribution in [3.05, 3.63) is 64.7 Å². The third-order valence-electron chi connectivity index (χ3n) is 7.46. The fraction of sp³-hybridized carbons (Fsp3) is 0.531. The molecule has 0 fully saturated rings. The van der Waals surface area contributed by atoms with Gasteiger partial charge in [-0.25, -0.2) is 0 Å². The summed E-state index contributed by atoms with van der Waals surface area (Å²) < 4.78 is 0. The van der Waals surface area contributed by atoms with Gasteiger partial charge in [0.1, 0.15) is 17.3 Å². The summed E-state index contributed by atoms with van der Waals surface area (Å²) in [7, 11) is 0. The van der Waals surface area contributed by atoms with Crippen LogP contribution in [-0.4, -0.2) is 58.2 Å². The van der Waals surface area contributed by atoms with E-state index in [1.54, 1.807) is 24.3 Å². The van der Waals surface area contributed by atoms with Gasteiger partial charge in [-0.3, -0.25) is 9.69 Å². The molecule has 0 aromatic heterocycles. The van der Waals surface area contributed by atoms with Crippen molar-refractivity contribution in [1.29, 1.82) is 0 Å². The molecule has 6 nitrogen and oxygen atoms in total. The third-order valence-corrected chi connectivity index (χ3v) is 7.46. The van der Waals surface area contributed by atoms with Crippen LogP contribution in [0.2, 0.25) is 0 Å². The molecular formula is C32H46N2O4. The van der Waals surface area contributed by atoms with Crippen LogP contribution in [0.3, 0.4) is 0 Å². The van der Waals surface area contributed by atoms with Gasteiger partial charge in [-0.1, -0.05) is 65.5 Å². The van der Waals surface area contributed by atoms with Gasteiger partial charge in [0.2, 0.25) is 5.78 Å². The van der Waals surface area contributed by atoms with Gasteiger partial charge >= 0.3 is 0 Å². The van der Waals surface area contributed by atoms with E-state index in [0.717, 1.165) is 83.2 Å². The van der Waals surface area contributed by atoms with Crippen LogP contribution in [0.1, 0.15) is 84.6 Å². The zero-order valence-corrected chi connectivity index (χ0v) is 23.7. The first-order valence-corrected chi connectivity index (χ1v) is 14.5. The zero-order valence-electron chi connectivity index (χ0n) is 23.7. The van der Waals surface area contributed by atoms with Crippen LogP contribution in [0, 0.1) is 0 Å². The maximum atomic E-state index is 13.2. The van der Waals surface area contributed by atoms with E-state index >= 15 is 0 Å². The summed E-state index contributed by atoms with van der Waals surface area (Å²) in [5.74, 6) is -0.572. The Morgan fingerprint density at radius 2 is 1.37 bits per heavy atom. The lowest BCUT2D eigenvalue weighted by atomic mass is 9.79. The first-order valence-electron chi connectivity index (χ1n) is 14.5. The van der Waals surface area contributed by atoms with E-state index in [4.69, 9.17) is 0 Å². The molecule has 38 heavy (non-hydrogen) atoms. The van der Waals surface area contributed by atoms with Crippen molar-refractivity contribution >= 4 is 17.0 Å². The fourth-order valence-corrected chi connectivity index (χ4v) is 5.06. The highest BCUT2D eigenvalue weighted by atomic mass is 16.3. The molecular weight excluding hydrogens is 476 g/mol. The standard InChI is InChI=1S/C32H46N2O4/c1-5-9-17-33(18-10-6-2)23-13-15-25(27(35)21-23)29-31(37)30(32(29)38)26-16-14-24(22-28(26)36)34(19-11-7-3)20-12-8-4/h13-16,21-23,35-37H,5-12,17-20H2,1-4H3. The van der Waals surface area contributed by atoms with E-state index in [1.807, 2.05) is 12.1 Å². The number of ketones is 1. The molecule has 0 spiro atoms. The van der Waals surface area contributed by atoms with E-state index in [-0.39, 0.29) is 40.2 Å². The van der Waals surface area contributed by atoms with Crippen molar-refractivity contribution in [3.63, 3.8) is 0 Å². The van der Waals surface area contributed by atoms with Crippen molar-refractivity contribution in [2.24, 2.45) is 0 Å². The second kappa shape index (κ2) is 14.2. The highest BCUT2D eigenvalue weighted by molar-refractivity contribution is 6.39. The SMILES string of the molecule is CCCCN(CCCC)c1ccc(C2=C(O)C(=C3C=CC(N(CCCC)CCCC)C=C3O)C2=O)c(O)c1. The Labute approximate surface area is 228 Å². The summed E-state index contributed by atoms with van der Waals surface area (Å²) in [5.41, 5.74) is 1.77. The smallest absolute Gasteiger partial charge is 0.202 e. The number of nitrogens with zero attached hydrogens (tertiary/aromatic N) is 2. The van der Waals surface area contributed by atoms with Gasteiger partial charge in [0.25, 0.3) is 0 Å². The molecule has 0 amide bonds. The lowest BCUT2D eigenvalue weighted by Crippen LogP contribution is -2.36. The van der Waals surface area contributed by atoms with Gasteiger partial charge in [0.15, 0.2) is 0 Å². The fourth-order valence-electron chi connectivity index (χ4n) is 5.06. The molecule has 1 aromatic carbocycles. The number of phenolic OH excluding ortho intramolecular Hbond substituents is 1. The number of anilines is 1. The van der Waals surface area contributed by atoms with E-state index in [9.17, 15) is 20.1 Å². The van der Waals surface area contributed by atoms with E-state index in [2.05, 4.69) is 37.5 Å². The maximum absolute atomic E-state index is 13.2. The summed E-state index contributed by atoms with van der Waals surface area (Å²) in [6.07, 6.45) is 14.2. The molecule has 0 radical (unpaired) electrons. The molecule has 1 atom stereocenters. The predicted octanol–water partition coefficient (Wildman–Crippen LogP) is 7.23. The van der Waals surface area contributed by atoms with Crippen molar-refractivity contribution in [3.8, 4) is 5.75 Å². The maximum Gasteiger partial charge on any atom is 0.202 e. The van der Waals surface area contributed by atoms with Crippen molar-refractivity contribution in [2.45, 2.75) is 85.1 Å². The molecule has 0 heterocycles. The van der Waals surface area contributed by atoms with Gasteiger partial charge in [0.05, 0.1) is 17.2 Å². The number of rotatable bonds is 15. The lowest BCUT2D eigenvalue weighted by Gasteiger charge is -2.31. The normalized spacial score (nSPS) is 19.2. The Balaban J connectivity index is 1.85. The molecule has 2 aliphatic rings. The summed E-state index contributed by atoms with van der Waals surface area (Å²) in [6, 6.07) is 5.26. The number of unbranched alkanes of at least 4 members (excludes halogenated alkanes) is 4. The van der Waals surface area contributed by atoms with Crippen LogP contribution in [-0.2, 0) is 4.79 Å². The molecule has 2 aliphatic carbocycles. The van der Waals surface area contributed by atoms with Crippen molar-refractivity contribution in [1.82, 2.24) is 4.90 Å². The van der Waals surface area contributed by atoms with Crippen LogP contribution in [0.25, 0.3) is 5.57 Å². The number of carbonyl (C=O) groups is 1. The van der Waals surface area contributed by atoms with Crippen LogP contribution in [0.15, 0.2) is 59.1 Å². The number of benzene rings is 1. The summed E-state index contributed by atoms with van der Waals surface area (Å²) in [6.45, 7) is 12.4. The minimum absolute atomic E-state index is 0.00602. The molecule has 0 bridgehead atoms. The van der Waals surface area contributed by atoms with Gasteiger partial charge < -0.3 is 20.2 Å². The van der Waals surface area contributed by atoms with Gasteiger partial charge in [-0.05, 0) is 57.0 Å². The largest absolute Gasteiger partial charge is 0.508 e. The molecule has 1 unspecified atom stereocenters. The summed E-state index contributed by atoms with van der Waals surface area (Å²) in [5, 5.41) is 32.6. The first kappa shape index (κ1) is 29.6. The molecule has 0 saturated carbocycles. The molecule has 1 aromatic rings. The monoisotopic (exact) mass is 522 g/mol. The minimum Gasteiger partial charge on any atom is -0.508 e. The number of aliphatic hydroxyl groups is 2. The van der Waals surface area contributed by atoms with E-state index in [0.29, 0.717) is 11.1 Å². The second-order valence-electron chi connectivity index (χ2n) is 10.4. The Morgan fingerprint density at radius 3 is 1.87 bits per heavy atom. The minimum atomic E-state index is -0.369. The van der Waals surface area contributed by atoms with Crippen LogP contribution >= 0.6 is 0 Å². The highest BCUT2D eigenvalue weighted by Gasteiger charge is 2.39. The quantitative estimate of drug-likeness (QED) is 0.211. The van der Waals surface area contributed by atoms with Gasteiger partial charge in [-0.15, -0.1) is 0 Å². The first-order chi connectivity index (χ1) is 18.4. The molecule has 208 valence electrons. The average Bonchev–Trinajstić information content (AvgIpc) is 2.91. The molecule has 3 rings (SSSR count). The highest BCUT2D eigenvalue weighted by Crippen LogP contribution is 2.43. The number of hydrogen-bond donors (Lipinski definition) is 3. The Morgan fingerprint density at radius 1 is 0.789 bits per heavy atom. The van der Waals surface area contributed by atoms with E-state index in [1.165, 1.54) is 0 Å². The Hall–Kier alpha value is -2.99. The van der Waals surface area contributed by atoms with Gasteiger partial charge in [-0.2, -0.15) is 0 Å². The molecule has 6 heteroatoms. The topological polar surface area (TPSA) is 84.2 Å². The van der Waals surface area contributed by atoms with Crippen LogP contribution < -0.4 is 4.90 Å². The number of carbonyl (C=O) groups excluding carboxylic acids is 1. The molecule has 0 saturated heterocycles. The number of aromatic hydroxyl groups is 1. The predicted molar refractivity (Wildman–Crippen MR) is 157 cm³/mol. The summed E-state index contributed by atoms with van der Waals surface area (Å²) >= 11 is 0. The summed E-state index contributed by atoms with van der Waals surface area (Å²) in [4.78, 5) is 17.8. The Kier molecular flexibility index (Phi) is 11.1. The van der Waals surface area contributed by atoms with Crippen LogP contribution in [0.5, 0.6) is 5.75 Å². The lowest BCUT2D eigenvalue weighted by molar-refractivity contribution is -0.111.